The molecule has 7 nitrogen and oxygen atoms in total. The van der Waals surface area contributed by atoms with Crippen molar-refractivity contribution in [1.82, 2.24) is 10.5 Å². The number of nitrogens with one attached hydrogen (secondary N) is 1. The molecular weight excluding hydrogens is 607 g/mol. The number of amides is 1. The zero-order chi connectivity index (χ0) is 32.2. The second-order valence-electron chi connectivity index (χ2n) is 12.2. The summed E-state index contributed by atoms with van der Waals surface area (Å²) >= 11 is 6.09. The Balaban J connectivity index is 1.41. The summed E-state index contributed by atoms with van der Waals surface area (Å²) in [6.45, 7) is 6.46. The second-order valence-corrected chi connectivity index (χ2v) is 14.4. The Morgan fingerprint density at radius 2 is 1.56 bits per heavy atom. The summed E-state index contributed by atoms with van der Waals surface area (Å²) in [6.07, 6.45) is 0.212. The molecular formula is C36H36ClN2O5P. The number of benzene rings is 4. The van der Waals surface area contributed by atoms with Crippen molar-refractivity contribution in [2.24, 2.45) is 0 Å². The Bertz CT molecular complexity index is 1800. The van der Waals surface area contributed by atoms with Gasteiger partial charge in [-0.25, -0.2) is 0 Å². The second kappa shape index (κ2) is 13.6. The van der Waals surface area contributed by atoms with Crippen molar-refractivity contribution in [3.63, 3.8) is 0 Å². The first-order chi connectivity index (χ1) is 21.4. The van der Waals surface area contributed by atoms with E-state index in [0.29, 0.717) is 22.8 Å². The van der Waals surface area contributed by atoms with Crippen molar-refractivity contribution in [2.45, 2.75) is 38.5 Å². The lowest BCUT2D eigenvalue weighted by atomic mass is 9.83. The van der Waals surface area contributed by atoms with Gasteiger partial charge in [-0.05, 0) is 70.0 Å². The number of halogens is 1. The highest BCUT2D eigenvalue weighted by atomic mass is 35.5. The SMILES string of the molecule is CC(C)(C)c1ccc(C(Cc2ccc(C(=O)NCCP(=O)(O)O)cc2)c2cc(-c3cccc(-c4ccc(Cl)cc4)c3)on2)cc1. The first kappa shape index (κ1) is 32.4. The fraction of sp³-hybridized carbons (Fsp3) is 0.222. The largest absolute Gasteiger partial charge is 0.356 e. The summed E-state index contributed by atoms with van der Waals surface area (Å²) in [4.78, 5) is 30.6. The van der Waals surface area contributed by atoms with Crippen LogP contribution in [0.15, 0.2) is 108 Å². The smallest absolute Gasteiger partial charge is 0.327 e. The predicted octanol–water partition coefficient (Wildman–Crippen LogP) is 8.24. The number of hydrogen-bond acceptors (Lipinski definition) is 4. The van der Waals surface area contributed by atoms with E-state index in [4.69, 9.17) is 25.9 Å². The first-order valence-electron chi connectivity index (χ1n) is 14.7. The molecule has 4 aromatic carbocycles. The van der Waals surface area contributed by atoms with Gasteiger partial charge in [0.2, 0.25) is 0 Å². The van der Waals surface area contributed by atoms with Gasteiger partial charge in [0.25, 0.3) is 5.91 Å². The van der Waals surface area contributed by atoms with Crippen molar-refractivity contribution in [3.8, 4) is 22.5 Å². The minimum atomic E-state index is -4.18. The van der Waals surface area contributed by atoms with E-state index in [1.165, 1.54) is 5.56 Å². The fourth-order valence-electron chi connectivity index (χ4n) is 5.14. The van der Waals surface area contributed by atoms with E-state index < -0.39 is 13.8 Å². The van der Waals surface area contributed by atoms with Crippen LogP contribution < -0.4 is 5.32 Å². The Morgan fingerprint density at radius 1 is 0.889 bits per heavy atom. The van der Waals surface area contributed by atoms with Crippen molar-refractivity contribution in [1.29, 1.82) is 0 Å². The molecule has 1 aromatic heterocycles. The predicted molar refractivity (Wildman–Crippen MR) is 179 cm³/mol. The lowest BCUT2D eigenvalue weighted by Gasteiger charge is -2.21. The minimum absolute atomic E-state index is 0.0197. The monoisotopic (exact) mass is 642 g/mol. The molecule has 0 bridgehead atoms. The maximum Gasteiger partial charge on any atom is 0.327 e. The summed E-state index contributed by atoms with van der Waals surface area (Å²) in [5, 5.41) is 7.78. The molecule has 5 aromatic rings. The maximum atomic E-state index is 12.5. The zero-order valence-electron chi connectivity index (χ0n) is 25.4. The molecule has 1 amide bonds. The molecule has 0 aliphatic heterocycles. The average Bonchev–Trinajstić information content (AvgIpc) is 3.50. The Morgan fingerprint density at radius 3 is 2.20 bits per heavy atom. The van der Waals surface area contributed by atoms with Crippen molar-refractivity contribution < 1.29 is 23.7 Å². The van der Waals surface area contributed by atoms with E-state index in [9.17, 15) is 9.36 Å². The number of nitrogens with zero attached hydrogens (tertiary/aromatic N) is 1. The van der Waals surface area contributed by atoms with Crippen LogP contribution in [0.1, 0.15) is 59.4 Å². The normalized spacial score (nSPS) is 12.6. The van der Waals surface area contributed by atoms with Gasteiger partial charge in [0.15, 0.2) is 5.76 Å². The van der Waals surface area contributed by atoms with Gasteiger partial charge < -0.3 is 19.6 Å². The summed E-state index contributed by atoms with van der Waals surface area (Å²) in [5.74, 6) is 0.171. The molecule has 0 saturated carbocycles. The van der Waals surface area contributed by atoms with Crippen LogP contribution in [0.5, 0.6) is 0 Å². The third kappa shape index (κ3) is 8.59. The first-order valence-corrected chi connectivity index (χ1v) is 16.9. The molecule has 0 radical (unpaired) electrons. The molecule has 0 aliphatic rings. The van der Waals surface area contributed by atoms with Crippen LogP contribution in [-0.2, 0) is 16.4 Å². The Hall–Kier alpha value is -4.00. The van der Waals surface area contributed by atoms with Gasteiger partial charge in [-0.15, -0.1) is 0 Å². The van der Waals surface area contributed by atoms with Crippen LogP contribution in [-0.4, -0.2) is 33.6 Å². The maximum absolute atomic E-state index is 12.5. The molecule has 0 fully saturated rings. The molecule has 1 unspecified atom stereocenters. The van der Waals surface area contributed by atoms with Crippen LogP contribution in [0, 0.1) is 0 Å². The number of rotatable bonds is 10. The van der Waals surface area contributed by atoms with Crippen LogP contribution in [0.2, 0.25) is 5.02 Å². The van der Waals surface area contributed by atoms with Crippen molar-refractivity contribution in [3.05, 3.63) is 136 Å². The van der Waals surface area contributed by atoms with Gasteiger partial charge >= 0.3 is 7.60 Å². The minimum Gasteiger partial charge on any atom is -0.356 e. The highest BCUT2D eigenvalue weighted by Gasteiger charge is 2.22. The molecule has 45 heavy (non-hydrogen) atoms. The molecule has 9 heteroatoms. The van der Waals surface area contributed by atoms with E-state index in [1.54, 1.807) is 12.1 Å². The Labute approximate surface area is 268 Å². The van der Waals surface area contributed by atoms with E-state index in [2.05, 4.69) is 61.6 Å². The summed E-state index contributed by atoms with van der Waals surface area (Å²) in [7, 11) is -4.18. The Kier molecular flexibility index (Phi) is 9.76. The lowest BCUT2D eigenvalue weighted by Crippen LogP contribution is -2.26. The third-order valence-corrected chi connectivity index (χ3v) is 8.79. The molecule has 1 heterocycles. The number of carbonyl (C=O) groups is 1. The van der Waals surface area contributed by atoms with E-state index in [-0.39, 0.29) is 23.8 Å². The topological polar surface area (TPSA) is 113 Å². The molecule has 1 atom stereocenters. The van der Waals surface area contributed by atoms with Crippen molar-refractivity contribution >= 4 is 25.1 Å². The van der Waals surface area contributed by atoms with Crippen LogP contribution in [0.4, 0.5) is 0 Å². The quantitative estimate of drug-likeness (QED) is 0.132. The average molecular weight is 643 g/mol. The molecule has 0 aliphatic carbocycles. The molecule has 3 N–H and O–H groups in total. The highest BCUT2D eigenvalue weighted by Crippen LogP contribution is 2.35. The van der Waals surface area contributed by atoms with E-state index in [0.717, 1.165) is 33.5 Å². The van der Waals surface area contributed by atoms with E-state index >= 15 is 0 Å². The highest BCUT2D eigenvalue weighted by molar-refractivity contribution is 7.51. The van der Waals surface area contributed by atoms with Crippen LogP contribution in [0.25, 0.3) is 22.5 Å². The van der Waals surface area contributed by atoms with Crippen molar-refractivity contribution in [2.75, 3.05) is 12.7 Å². The van der Waals surface area contributed by atoms with Gasteiger partial charge in [0.05, 0.1) is 11.9 Å². The summed E-state index contributed by atoms with van der Waals surface area (Å²) < 4.78 is 17.0. The van der Waals surface area contributed by atoms with E-state index in [1.807, 2.05) is 60.7 Å². The van der Waals surface area contributed by atoms with Gasteiger partial charge in [0.1, 0.15) is 0 Å². The number of hydrogen-bond donors (Lipinski definition) is 3. The number of carbonyl (C=O) groups excluding carboxylic acids is 1. The fourth-order valence-corrected chi connectivity index (χ4v) is 5.67. The molecule has 232 valence electrons. The molecule has 0 spiro atoms. The third-order valence-electron chi connectivity index (χ3n) is 7.73. The van der Waals surface area contributed by atoms with Gasteiger partial charge in [-0.2, -0.15) is 0 Å². The van der Waals surface area contributed by atoms with Crippen LogP contribution >= 0.6 is 19.2 Å². The van der Waals surface area contributed by atoms with Gasteiger partial charge in [-0.1, -0.05) is 104 Å². The number of aromatic nitrogens is 1. The summed E-state index contributed by atoms with van der Waals surface area (Å²) in [5.41, 5.74) is 7.57. The standard InChI is InChI=1S/C36H36ClN2O5P/c1-36(2,3)30-15-11-26(12-16-30)32(21-24-7-9-27(10-8-24)35(40)38-19-20-45(41,42)43)33-23-34(44-39-33)29-6-4-5-28(22-29)25-13-17-31(37)18-14-25/h4-18,22-23,32H,19-21H2,1-3H3,(H,38,40)(H2,41,42,43). The lowest BCUT2D eigenvalue weighted by molar-refractivity contribution is 0.0956. The zero-order valence-corrected chi connectivity index (χ0v) is 27.1. The molecule has 5 rings (SSSR count). The molecule has 0 saturated heterocycles. The van der Waals surface area contributed by atoms with Gasteiger partial charge in [0, 0.05) is 34.7 Å². The van der Waals surface area contributed by atoms with Crippen LogP contribution in [0.3, 0.4) is 0 Å². The van der Waals surface area contributed by atoms with Gasteiger partial charge in [-0.3, -0.25) is 9.36 Å². The summed E-state index contributed by atoms with van der Waals surface area (Å²) in [6, 6.07) is 33.7.